The number of rotatable bonds is 46. The number of likely N-dealkylation sites (N-methyl/N-ethyl adjacent to an activating group) is 2. The normalized spacial score (nSPS) is 11.8. The van der Waals surface area contributed by atoms with Crippen molar-refractivity contribution in [2.24, 2.45) is 0 Å². The van der Waals surface area contributed by atoms with E-state index in [0.29, 0.717) is 0 Å². The maximum absolute atomic E-state index is 11.9. The van der Waals surface area contributed by atoms with Crippen molar-refractivity contribution >= 4 is 69.8 Å². The van der Waals surface area contributed by atoms with E-state index in [1.807, 2.05) is 12.2 Å². The molecule has 2 amide bonds. The predicted octanol–water partition coefficient (Wildman–Crippen LogP) is 13.6. The number of nitrogens with zero attached hydrogens (tertiary/aromatic N) is 2. The van der Waals surface area contributed by atoms with Gasteiger partial charge in [-0.05, 0) is 50.7 Å². The smallest absolute Gasteiger partial charge is 0.748 e. The van der Waals surface area contributed by atoms with Gasteiger partial charge in [0.25, 0.3) is 0 Å². The van der Waals surface area contributed by atoms with Crippen LogP contribution in [-0.2, 0) is 29.8 Å². The van der Waals surface area contributed by atoms with Crippen LogP contribution in [-0.4, -0.2) is 124 Å². The van der Waals surface area contributed by atoms with E-state index in [-0.39, 0.29) is 75.5 Å². The van der Waals surface area contributed by atoms with E-state index in [0.717, 1.165) is 25.7 Å². The average Bonchev–Trinajstić information content (AvgIpc) is 3.24. The Hall–Kier alpha value is -0.500. The van der Waals surface area contributed by atoms with Crippen LogP contribution in [0.3, 0.4) is 0 Å². The zero-order valence-corrected chi connectivity index (χ0v) is 46.5. The molecule has 0 aliphatic rings. The summed E-state index contributed by atoms with van der Waals surface area (Å²) in [5.74, 6) is -1.12. The maximum atomic E-state index is 11.9. The average molecular weight is 986 g/mol. The fourth-order valence-corrected chi connectivity index (χ4v) is 8.74. The molecule has 0 bridgehead atoms. The monoisotopic (exact) mass is 985 g/mol. The number of unbranched alkanes of at least 4 members (excludes halogenated alkanes) is 34. The number of hydrogen-bond donors (Lipinski definition) is 0. The molecule has 0 saturated carbocycles. The number of allylic oxidation sites excluding steroid dienone is 2. The van der Waals surface area contributed by atoms with Crippen LogP contribution in [0.1, 0.15) is 258 Å². The van der Waals surface area contributed by atoms with Gasteiger partial charge in [-0.2, -0.15) is 0 Å². The Balaban J connectivity index is -0.00000116. The van der Waals surface area contributed by atoms with E-state index in [2.05, 4.69) is 13.8 Å². The zero-order valence-electron chi connectivity index (χ0n) is 42.7. The van der Waals surface area contributed by atoms with Gasteiger partial charge in [-0.25, -0.2) is 16.8 Å². The van der Waals surface area contributed by atoms with Gasteiger partial charge in [0.2, 0.25) is 11.8 Å². The molecule has 0 heterocycles. The second kappa shape index (κ2) is 51.4. The summed E-state index contributed by atoms with van der Waals surface area (Å²) in [6.45, 7) is 5.11. The predicted molar refractivity (Wildman–Crippen MR) is 275 cm³/mol. The van der Waals surface area contributed by atoms with E-state index < -0.39 is 31.7 Å². The van der Waals surface area contributed by atoms with Crippen LogP contribution >= 0.6 is 0 Å². The molecule has 13 heteroatoms. The molecule has 0 atom stereocenters. The van der Waals surface area contributed by atoms with Gasteiger partial charge in [0.05, 0.1) is 20.2 Å². The topological polar surface area (TPSA) is 155 Å². The first-order valence-corrected chi connectivity index (χ1v) is 29.6. The van der Waals surface area contributed by atoms with Crippen molar-refractivity contribution in [1.82, 2.24) is 9.80 Å². The first kappa shape index (κ1) is 68.8. The van der Waals surface area contributed by atoms with Crippen LogP contribution in [0.2, 0.25) is 0 Å². The quantitative estimate of drug-likeness (QED) is 0.0253. The molecule has 10 nitrogen and oxygen atoms in total. The number of carbonyl (C=O) groups excluding carboxylic acids is 2. The first-order chi connectivity index (χ1) is 30.7. The van der Waals surface area contributed by atoms with Crippen molar-refractivity contribution in [2.45, 2.75) is 258 Å². The molecule has 0 unspecified atom stereocenters. The fourth-order valence-electron chi connectivity index (χ4n) is 7.77. The fraction of sp³-hybridized carbons (Fsp3) is 0.885. The van der Waals surface area contributed by atoms with Crippen LogP contribution in [0.5, 0.6) is 0 Å². The third-order valence-corrected chi connectivity index (χ3v) is 13.6. The molecular weight excluding hydrogens is 885 g/mol. The summed E-state index contributed by atoms with van der Waals surface area (Å²) in [6, 6.07) is 0. The molecule has 380 valence electrons. The molecule has 0 N–H and O–H groups in total. The third kappa shape index (κ3) is 59.6. The Bertz CT molecular complexity index is 1230. The van der Waals surface area contributed by atoms with Crippen molar-refractivity contribution in [3.05, 3.63) is 24.3 Å². The Morgan fingerprint density at radius 3 is 0.769 bits per heavy atom. The van der Waals surface area contributed by atoms with Crippen molar-refractivity contribution in [2.75, 3.05) is 38.7 Å². The Morgan fingerprint density at radius 2 is 0.569 bits per heavy atom. The second-order valence-corrected chi connectivity index (χ2v) is 21.5. The molecule has 0 fully saturated rings. The molecule has 0 aromatic heterocycles. The number of hydrogen-bond acceptors (Lipinski definition) is 8. The summed E-state index contributed by atoms with van der Waals surface area (Å²) in [7, 11) is -5.15. The van der Waals surface area contributed by atoms with Crippen LogP contribution in [0, 0.1) is 0 Å². The SMILES string of the molecule is CCCCCCCCCCCCCCCCCCC/C=C/C(=O)N(C)CCCS(=O)(=O)[O-].CCCCCCCCCCCCCCCCCCC/C=C/C(=O)N(C)CCCS(=O)(=O)[O-].[Ca+2]. The van der Waals surface area contributed by atoms with Crippen molar-refractivity contribution in [3.63, 3.8) is 0 Å². The van der Waals surface area contributed by atoms with Gasteiger partial charge in [0.1, 0.15) is 0 Å². The van der Waals surface area contributed by atoms with Gasteiger partial charge >= 0.3 is 37.7 Å². The summed E-state index contributed by atoms with van der Waals surface area (Å²) in [4.78, 5) is 26.7. The van der Waals surface area contributed by atoms with E-state index in [1.165, 1.54) is 215 Å². The van der Waals surface area contributed by atoms with Crippen molar-refractivity contribution in [1.29, 1.82) is 0 Å². The summed E-state index contributed by atoms with van der Waals surface area (Å²) >= 11 is 0. The van der Waals surface area contributed by atoms with Gasteiger partial charge in [-0.15, -0.1) is 0 Å². The molecule has 0 saturated heterocycles. The van der Waals surface area contributed by atoms with Crippen molar-refractivity contribution in [3.8, 4) is 0 Å². The zero-order chi connectivity index (χ0) is 47.8. The standard InChI is InChI=1S/2C26H51NO4S.Ca/c2*1-3-4-5-6-7-8-9-10-11-12-13-14-15-16-17-18-19-20-21-23-26(28)27(2)24-22-25-32(29,30)31;/h2*21,23H,3-20,22,24-25H2,1-2H3,(H,29,30,31);/q;;+2/p-2/b2*23-21+;. The molecule has 65 heavy (non-hydrogen) atoms. The molecule has 0 rings (SSSR count). The van der Waals surface area contributed by atoms with Crippen LogP contribution in [0.15, 0.2) is 24.3 Å². The summed E-state index contributed by atoms with van der Waals surface area (Å²) in [6.07, 6.45) is 55.2. The Kier molecular flexibility index (Phi) is 54.3. The van der Waals surface area contributed by atoms with Crippen molar-refractivity contribution < 1.29 is 35.5 Å². The summed E-state index contributed by atoms with van der Waals surface area (Å²) in [5, 5.41) is 0. The Labute approximate surface area is 432 Å². The number of amides is 2. The second-order valence-electron chi connectivity index (χ2n) is 18.4. The molecule has 0 aromatic carbocycles. The minimum absolute atomic E-state index is 0. The largest absolute Gasteiger partial charge is 2.00 e. The third-order valence-electron chi connectivity index (χ3n) is 12.0. The molecule has 0 radical (unpaired) electrons. The van der Waals surface area contributed by atoms with Gasteiger partial charge in [0.15, 0.2) is 0 Å². The molecular formula is C52H100CaN2O8S2. The molecule has 0 aliphatic heterocycles. The first-order valence-electron chi connectivity index (χ1n) is 26.4. The Morgan fingerprint density at radius 1 is 0.369 bits per heavy atom. The van der Waals surface area contributed by atoms with Crippen LogP contribution in [0.25, 0.3) is 0 Å². The minimum atomic E-state index is -4.20. The molecule has 0 aromatic rings. The van der Waals surface area contributed by atoms with Crippen LogP contribution < -0.4 is 0 Å². The van der Waals surface area contributed by atoms with Gasteiger partial charge in [0, 0.05) is 38.7 Å². The van der Waals surface area contributed by atoms with Gasteiger partial charge < -0.3 is 18.9 Å². The van der Waals surface area contributed by atoms with E-state index in [1.54, 1.807) is 26.2 Å². The maximum Gasteiger partial charge on any atom is 2.00 e. The van der Waals surface area contributed by atoms with E-state index >= 15 is 0 Å². The number of carbonyl (C=O) groups is 2. The van der Waals surface area contributed by atoms with Crippen LogP contribution in [0.4, 0.5) is 0 Å². The van der Waals surface area contributed by atoms with E-state index in [4.69, 9.17) is 0 Å². The summed E-state index contributed by atoms with van der Waals surface area (Å²) < 4.78 is 63.4. The molecule has 0 aliphatic carbocycles. The summed E-state index contributed by atoms with van der Waals surface area (Å²) in [5.41, 5.74) is 0. The van der Waals surface area contributed by atoms with Gasteiger partial charge in [-0.3, -0.25) is 9.59 Å². The minimum Gasteiger partial charge on any atom is -0.748 e. The van der Waals surface area contributed by atoms with E-state index in [9.17, 15) is 35.5 Å². The molecule has 0 spiro atoms. The van der Waals surface area contributed by atoms with Gasteiger partial charge in [-0.1, -0.05) is 231 Å².